The molecular formula is C89H105N21O17. The van der Waals surface area contributed by atoms with E-state index in [1.807, 2.05) is 50.2 Å². The van der Waals surface area contributed by atoms with Crippen LogP contribution >= 0.6 is 0 Å². The number of carbonyl (C=O) groups excluding carboxylic acids is 6. The molecule has 9 aliphatic carbocycles. The summed E-state index contributed by atoms with van der Waals surface area (Å²) in [6.07, 6.45) is 21.7. The quantitative estimate of drug-likeness (QED) is 0.0412. The standard InChI is InChI=1S/C33H39N7O6.C28H33N7O6.C28H33N7O5/c1-2-34-31(42)43-15-23-25-26(46-33(45-25)13-21-5-3-4-6-22(21)14-33)29(44-23)40-17-37-24-27(35-16-36-28(24)40)38-30(41)39-32-10-18-7-19(11-32)9-20(8-18)12-32;36-11-10-29-25(37)21-20-22(41-28(40-20)12-16-6-4-5-7-17(16)13-28)26(39-21)35-15-32-19-23(30-14-31-24(19)35)34-27(38)33-18-8-2-1-3-9-18;1-2-29-25(36)21-20-22(40-28(39-20)12-16-8-6-7-9-17(16)13-28)26(38-21)35-15-32-19-23(30-14-31-24(19)35)34-27(37)33-18-10-4-3-5-11-18/h3-6,16-20,23,25-26,29H,2,7-15H2,1H3,(H,34,42)(H2,35,36,38,39,41);4-7,14-15,18,20-22,26,36H,1-3,8-13H2,(H,29,37)(H2,30,31,33,34,38);6-9,14-15,18,20-22,26H,2-5,10-13H2,1H3,(H,29,36)(H2,30,31,33,34,37)/t18?,19?,20?,23-,25?,26+,29-,32?;2*20?,21-,22-,26+/m100/s1. The van der Waals surface area contributed by atoms with Gasteiger partial charge >= 0.3 is 24.2 Å². The first kappa shape index (κ1) is 82.9. The highest BCUT2D eigenvalue weighted by atomic mass is 16.8. The first-order chi connectivity index (χ1) is 61.9. The molecule has 9 aromatic rings. The summed E-state index contributed by atoms with van der Waals surface area (Å²) >= 11 is 0. The first-order valence-corrected chi connectivity index (χ1v) is 45.0. The highest BCUT2D eigenvalue weighted by molar-refractivity contribution is 5.98. The van der Waals surface area contributed by atoms with Crippen LogP contribution in [0.15, 0.2) is 111 Å². The number of nitrogens with zero attached hydrogens (tertiary/aromatic N) is 12. The molecule has 6 saturated heterocycles. The maximum absolute atomic E-state index is 13.4. The van der Waals surface area contributed by atoms with Gasteiger partial charge in [-0.15, -0.1) is 0 Å². The Labute approximate surface area is 729 Å². The molecule has 9 amide bonds. The number of hydrogen-bond donors (Lipinski definition) is 10. The fourth-order valence-corrected chi connectivity index (χ4v) is 22.8. The van der Waals surface area contributed by atoms with E-state index in [1.165, 1.54) is 73.3 Å². The Balaban J connectivity index is 0.000000116. The van der Waals surface area contributed by atoms with Crippen LogP contribution in [0.5, 0.6) is 0 Å². The molecule has 127 heavy (non-hydrogen) atoms. The lowest BCUT2D eigenvalue weighted by Crippen LogP contribution is -2.60. The van der Waals surface area contributed by atoms with Crippen molar-refractivity contribution in [3.63, 3.8) is 0 Å². The molecule has 15 aliphatic rings. The predicted molar refractivity (Wildman–Crippen MR) is 452 cm³/mol. The lowest BCUT2D eigenvalue weighted by Gasteiger charge is -2.56. The van der Waals surface area contributed by atoms with Crippen LogP contribution < -0.4 is 47.9 Å². The summed E-state index contributed by atoms with van der Waals surface area (Å²) in [4.78, 5) is 117. The van der Waals surface area contributed by atoms with Crippen molar-refractivity contribution in [2.24, 2.45) is 17.8 Å². The zero-order valence-electron chi connectivity index (χ0n) is 70.6. The van der Waals surface area contributed by atoms with E-state index in [0.717, 1.165) is 99.5 Å². The molecule has 3 spiro atoms. The molecular weight excluding hydrogens is 1640 g/mol. The van der Waals surface area contributed by atoms with Crippen molar-refractivity contribution in [2.45, 2.75) is 264 Å². The molecule has 12 heterocycles. The van der Waals surface area contributed by atoms with Gasteiger partial charge in [-0.3, -0.25) is 39.2 Å². The fourth-order valence-electron chi connectivity index (χ4n) is 22.8. The van der Waals surface area contributed by atoms with Crippen molar-refractivity contribution in [3.8, 4) is 0 Å². The van der Waals surface area contributed by atoms with E-state index in [4.69, 9.17) is 47.4 Å². The van der Waals surface area contributed by atoms with Crippen molar-refractivity contribution < 1.29 is 81.2 Å². The lowest BCUT2D eigenvalue weighted by atomic mass is 9.53. The van der Waals surface area contributed by atoms with Crippen molar-refractivity contribution in [1.29, 1.82) is 0 Å². The van der Waals surface area contributed by atoms with Gasteiger partial charge < -0.3 is 84.4 Å². The topological polar surface area (TPSA) is 454 Å². The number of benzene rings is 3. The number of likely N-dealkylation sites (N-methyl/N-ethyl adjacent to an activating group) is 1. The number of aliphatic hydroxyl groups is 1. The number of amides is 9. The molecule has 38 nitrogen and oxygen atoms in total. The number of ether oxygens (including phenoxy) is 10. The second-order valence-corrected chi connectivity index (χ2v) is 36.4. The van der Waals surface area contributed by atoms with E-state index in [9.17, 15) is 33.9 Å². The summed E-state index contributed by atoms with van der Waals surface area (Å²) in [6, 6.07) is 23.9. The summed E-state index contributed by atoms with van der Waals surface area (Å²) in [5.41, 5.74) is 9.55. The molecule has 0 radical (unpaired) electrons. The Morgan fingerprint density at radius 2 is 0.795 bits per heavy atom. The SMILES string of the molecule is CCNC(=O)OC[C@H]1O[C@@H](n2cnc3c(NC(=O)NC45CC6CC(CC(C6)C4)C5)ncnc32)[C@H]2OC3(Cc4ccccc4C3)OC12.CCNC(=O)[C@H]1O[C@@H](n2cnc3c(NC(=O)NC4CCCCC4)ncnc32)[C@H]2OC3(Cc4ccccc4C3)OC12.O=C(Nc1ncnc2c1ncn2[C@@H]1O[C@H](C(=O)NCCO)C2OC3(Cc4ccccc4C3)O[C@@H]21)NC1CCCCC1. The molecule has 24 rings (SSSR count). The Morgan fingerprint density at radius 1 is 0.433 bits per heavy atom. The number of imidazole rings is 3. The van der Waals surface area contributed by atoms with Crippen molar-refractivity contribution in [2.75, 3.05) is 48.8 Å². The number of aromatic nitrogens is 12. The zero-order valence-corrected chi connectivity index (χ0v) is 70.6. The van der Waals surface area contributed by atoms with Crippen molar-refractivity contribution >= 4 is 86.9 Å². The Kier molecular flexibility index (Phi) is 22.3. The minimum Gasteiger partial charge on any atom is -0.447 e. The van der Waals surface area contributed by atoms with E-state index < -0.39 is 103 Å². The average Bonchev–Trinajstić information content (AvgIpc) is 1.55. The van der Waals surface area contributed by atoms with E-state index >= 15 is 0 Å². The van der Waals surface area contributed by atoms with E-state index in [1.54, 1.807) is 32.7 Å². The number of alkyl carbamates (subject to hydrolysis) is 1. The molecule has 4 bridgehead atoms. The van der Waals surface area contributed by atoms with Gasteiger partial charge in [0.1, 0.15) is 68.3 Å². The molecule has 10 N–H and O–H groups in total. The van der Waals surface area contributed by atoms with Crippen LogP contribution in [0.1, 0.15) is 169 Å². The van der Waals surface area contributed by atoms with Crippen LogP contribution in [0.4, 0.5) is 36.6 Å². The van der Waals surface area contributed by atoms with Gasteiger partial charge in [0.2, 0.25) is 0 Å². The Morgan fingerprint density at radius 3 is 1.19 bits per heavy atom. The highest BCUT2D eigenvalue weighted by Crippen LogP contribution is 2.57. The normalized spacial score (nSPS) is 29.6. The van der Waals surface area contributed by atoms with Crippen LogP contribution in [0, 0.1) is 17.8 Å². The van der Waals surface area contributed by atoms with Gasteiger partial charge in [0.25, 0.3) is 11.8 Å². The number of aliphatic hydroxyl groups excluding tert-OH is 1. The number of hydrogen-bond acceptors (Lipinski definition) is 26. The molecule has 668 valence electrons. The van der Waals surface area contributed by atoms with E-state index in [0.29, 0.717) is 96.7 Å². The second-order valence-electron chi connectivity index (χ2n) is 36.4. The van der Waals surface area contributed by atoms with Gasteiger partial charge in [0.15, 0.2) is 99.2 Å². The van der Waals surface area contributed by atoms with E-state index in [-0.39, 0.29) is 67.2 Å². The Hall–Kier alpha value is -11.1. The third-order valence-corrected chi connectivity index (χ3v) is 27.8. The molecule has 3 aromatic carbocycles. The zero-order chi connectivity index (χ0) is 86.3. The largest absolute Gasteiger partial charge is 0.447 e. The summed E-state index contributed by atoms with van der Waals surface area (Å²) in [7, 11) is 0. The van der Waals surface area contributed by atoms with Gasteiger partial charge in [0.05, 0.1) is 25.6 Å². The second kappa shape index (κ2) is 34.2. The van der Waals surface area contributed by atoms with Gasteiger partial charge in [-0.2, -0.15) is 0 Å². The predicted octanol–water partition coefficient (Wildman–Crippen LogP) is 8.00. The monoisotopic (exact) mass is 1740 g/mol. The fraction of sp³-hybridized carbons (Fsp3) is 0.562. The van der Waals surface area contributed by atoms with Gasteiger partial charge in [0, 0.05) is 75.8 Å². The number of fused-ring (bicyclic) bond motifs is 9. The average molecular weight is 1740 g/mol. The first-order valence-electron chi connectivity index (χ1n) is 45.0. The number of carbonyl (C=O) groups is 6. The smallest absolute Gasteiger partial charge is 0.407 e. The minimum absolute atomic E-state index is 0.00516. The number of urea groups is 3. The number of rotatable bonds is 17. The number of nitrogens with one attached hydrogen (secondary N) is 9. The molecule has 6 aliphatic heterocycles. The minimum atomic E-state index is -0.974. The van der Waals surface area contributed by atoms with Crippen LogP contribution in [0.3, 0.4) is 0 Å². The van der Waals surface area contributed by atoms with Crippen LogP contribution in [0.2, 0.25) is 0 Å². The third kappa shape index (κ3) is 16.1. The van der Waals surface area contributed by atoms with E-state index in [2.05, 4.69) is 129 Å². The summed E-state index contributed by atoms with van der Waals surface area (Å²) in [6.45, 7) is 4.51. The molecule has 12 fully saturated rings. The molecule has 38 heteroatoms. The van der Waals surface area contributed by atoms with Crippen LogP contribution in [0.25, 0.3) is 33.5 Å². The maximum Gasteiger partial charge on any atom is 0.407 e. The molecule has 6 aromatic heterocycles. The number of anilines is 3. The maximum atomic E-state index is 13.4. The summed E-state index contributed by atoms with van der Waals surface area (Å²) in [5, 5.41) is 35.5. The van der Waals surface area contributed by atoms with Crippen molar-refractivity contribution in [3.05, 3.63) is 144 Å². The van der Waals surface area contributed by atoms with Gasteiger partial charge in [-0.05, 0) is 129 Å². The summed E-state index contributed by atoms with van der Waals surface area (Å²) < 4.78 is 69.5. The van der Waals surface area contributed by atoms with Crippen LogP contribution in [-0.4, -0.2) is 222 Å². The lowest BCUT2D eigenvalue weighted by molar-refractivity contribution is -0.213. The molecule has 3 unspecified atom stereocenters. The Bertz CT molecular complexity index is 5550. The molecule has 12 atom stereocenters. The van der Waals surface area contributed by atoms with Crippen molar-refractivity contribution in [1.82, 2.24) is 90.5 Å². The highest BCUT2D eigenvalue weighted by Gasteiger charge is 2.65. The summed E-state index contributed by atoms with van der Waals surface area (Å²) in [5.74, 6) is -0.175. The molecule has 6 saturated carbocycles. The van der Waals surface area contributed by atoms with Gasteiger partial charge in [-0.1, -0.05) is 111 Å². The van der Waals surface area contributed by atoms with Gasteiger partial charge in [-0.25, -0.2) is 64.0 Å². The third-order valence-electron chi connectivity index (χ3n) is 27.8. The van der Waals surface area contributed by atoms with Crippen LogP contribution in [-0.2, 0) is 95.5 Å².